The van der Waals surface area contributed by atoms with Gasteiger partial charge in [-0.3, -0.25) is 15.1 Å². The lowest BCUT2D eigenvalue weighted by Gasteiger charge is -2.33. The van der Waals surface area contributed by atoms with Gasteiger partial charge in [0.15, 0.2) is 0 Å². The van der Waals surface area contributed by atoms with Crippen LogP contribution in [0.15, 0.2) is 48.7 Å². The first kappa shape index (κ1) is 31.3. The van der Waals surface area contributed by atoms with Gasteiger partial charge >= 0.3 is 5.97 Å². The molecule has 1 fully saturated rings. The molecule has 4 atom stereocenters. The largest absolute Gasteiger partial charge is 0.462 e. The van der Waals surface area contributed by atoms with Gasteiger partial charge in [0.05, 0.1) is 45.4 Å². The highest BCUT2D eigenvalue weighted by Crippen LogP contribution is 2.44. The molecule has 6 rings (SSSR count). The third-order valence-corrected chi connectivity index (χ3v) is 9.99. The maximum atomic E-state index is 12.8. The summed E-state index contributed by atoms with van der Waals surface area (Å²) in [6, 6.07) is 14.2. The Balaban J connectivity index is 1.52. The number of benzene rings is 1. The number of hydrogen-bond donors (Lipinski definition) is 2. The number of ether oxygens (including phenoxy) is 2. The van der Waals surface area contributed by atoms with Crippen molar-refractivity contribution in [3.05, 3.63) is 64.8 Å². The topological polar surface area (TPSA) is 116 Å². The molecule has 4 aromatic heterocycles. The normalized spacial score (nSPS) is 17.2. The van der Waals surface area contributed by atoms with E-state index in [1.165, 1.54) is 5.56 Å². The Kier molecular flexibility index (Phi) is 9.05. The Labute approximate surface area is 267 Å². The van der Waals surface area contributed by atoms with Gasteiger partial charge < -0.3 is 19.1 Å². The summed E-state index contributed by atoms with van der Waals surface area (Å²) in [6.07, 6.45) is 2.65. The van der Waals surface area contributed by atoms with E-state index in [0.29, 0.717) is 5.92 Å². The first-order valence-corrected chi connectivity index (χ1v) is 16.5. The molecule has 5 aromatic rings. The van der Waals surface area contributed by atoms with Crippen LogP contribution in [0.25, 0.3) is 32.5 Å². The molecule has 0 spiro atoms. The molecule has 2 N–H and O–H groups in total. The van der Waals surface area contributed by atoms with Crippen LogP contribution in [0.3, 0.4) is 0 Å². The van der Waals surface area contributed by atoms with Crippen molar-refractivity contribution in [2.24, 2.45) is 13.0 Å². The predicted molar refractivity (Wildman–Crippen MR) is 176 cm³/mol. The number of pyridine rings is 1. The van der Waals surface area contributed by atoms with Gasteiger partial charge in [-0.1, -0.05) is 35.5 Å². The third kappa shape index (κ3) is 6.14. The zero-order valence-corrected chi connectivity index (χ0v) is 27.5. The minimum atomic E-state index is -0.913. The highest BCUT2D eigenvalue weighted by molar-refractivity contribution is 7.20. The van der Waals surface area contributed by atoms with Crippen LogP contribution in [-0.2, 0) is 21.3 Å². The van der Waals surface area contributed by atoms with Crippen LogP contribution in [0.1, 0.15) is 68.8 Å². The number of aliphatic hydroxyl groups is 1. The van der Waals surface area contributed by atoms with Crippen molar-refractivity contribution >= 4 is 38.6 Å². The lowest BCUT2D eigenvalue weighted by Crippen LogP contribution is -2.47. The van der Waals surface area contributed by atoms with Crippen molar-refractivity contribution in [1.82, 2.24) is 29.9 Å². The minimum Gasteiger partial charge on any atom is -0.462 e. The van der Waals surface area contributed by atoms with Crippen LogP contribution in [0.5, 0.6) is 0 Å². The van der Waals surface area contributed by atoms with Gasteiger partial charge in [0.25, 0.3) is 0 Å². The van der Waals surface area contributed by atoms with Crippen LogP contribution in [0.4, 0.5) is 0 Å². The Morgan fingerprint density at radius 2 is 1.84 bits per heavy atom. The van der Waals surface area contributed by atoms with E-state index >= 15 is 0 Å². The first-order valence-electron chi connectivity index (χ1n) is 15.7. The number of thiophene rings is 1. The Hall–Kier alpha value is -3.64. The second-order valence-corrected chi connectivity index (χ2v) is 13.5. The number of carbonyl (C=O) groups excluding carboxylic acids is 1. The number of carbonyl (C=O) groups is 1. The smallest absolute Gasteiger partial charge is 0.326 e. The average Bonchev–Trinajstić information content (AvgIpc) is 3.68. The van der Waals surface area contributed by atoms with E-state index in [0.717, 1.165) is 69.1 Å². The standard InChI is InChI=1S/C34H42N6O4S/c1-19(2)44-34(42)29(22(5)41)36-20(3)28-17-27-33(45-28)30-26(16-25(18-35-30)31-21(4)37-38-39(31)6)40(27)32(23-10-8-7-9-11-23)24-12-14-43-15-13-24/h7-11,16-20,22,24,29,32,36,41H,12-15H2,1-6H3/t20?,22-,29+,32?/m1/s1. The molecule has 1 saturated heterocycles. The van der Waals surface area contributed by atoms with E-state index in [4.69, 9.17) is 14.5 Å². The molecule has 10 nitrogen and oxygen atoms in total. The summed E-state index contributed by atoms with van der Waals surface area (Å²) < 4.78 is 16.6. The number of nitrogens with one attached hydrogen (secondary N) is 1. The Morgan fingerprint density at radius 1 is 1.11 bits per heavy atom. The maximum absolute atomic E-state index is 12.8. The van der Waals surface area contributed by atoms with E-state index in [9.17, 15) is 9.90 Å². The highest BCUT2D eigenvalue weighted by atomic mass is 32.1. The number of rotatable bonds is 10. The molecule has 1 aliphatic heterocycles. The van der Waals surface area contributed by atoms with Crippen molar-refractivity contribution in [1.29, 1.82) is 0 Å². The van der Waals surface area contributed by atoms with Crippen LogP contribution in [0.2, 0.25) is 0 Å². The van der Waals surface area contributed by atoms with Gasteiger partial charge in [0.2, 0.25) is 0 Å². The summed E-state index contributed by atoms with van der Waals surface area (Å²) in [7, 11) is 1.91. The Bertz CT molecular complexity index is 1770. The maximum Gasteiger partial charge on any atom is 0.326 e. The van der Waals surface area contributed by atoms with E-state index in [-0.39, 0.29) is 18.2 Å². The summed E-state index contributed by atoms with van der Waals surface area (Å²) >= 11 is 1.67. The fraction of sp³-hybridized carbons (Fsp3) is 0.471. The van der Waals surface area contributed by atoms with Crippen LogP contribution in [-0.4, -0.2) is 67.1 Å². The summed E-state index contributed by atoms with van der Waals surface area (Å²) in [4.78, 5) is 19.0. The van der Waals surface area contributed by atoms with E-state index in [2.05, 4.69) is 62.7 Å². The molecule has 1 aromatic carbocycles. The van der Waals surface area contributed by atoms with Crippen molar-refractivity contribution in [2.45, 2.75) is 77.8 Å². The zero-order chi connectivity index (χ0) is 31.8. The quantitative estimate of drug-likeness (QED) is 0.188. The Morgan fingerprint density at radius 3 is 2.49 bits per heavy atom. The fourth-order valence-electron chi connectivity index (χ4n) is 6.56. The van der Waals surface area contributed by atoms with Crippen molar-refractivity contribution < 1.29 is 19.4 Å². The van der Waals surface area contributed by atoms with Gasteiger partial charge in [-0.2, -0.15) is 0 Å². The lowest BCUT2D eigenvalue weighted by atomic mass is 9.86. The molecule has 0 aliphatic carbocycles. The van der Waals surface area contributed by atoms with Crippen molar-refractivity contribution in [2.75, 3.05) is 13.2 Å². The molecule has 238 valence electrons. The van der Waals surface area contributed by atoms with Crippen molar-refractivity contribution in [3.63, 3.8) is 0 Å². The number of fused-ring (bicyclic) bond motifs is 3. The monoisotopic (exact) mass is 630 g/mol. The molecule has 11 heteroatoms. The van der Waals surface area contributed by atoms with Crippen molar-refractivity contribution in [3.8, 4) is 11.3 Å². The van der Waals surface area contributed by atoms with Gasteiger partial charge in [0, 0.05) is 42.9 Å². The first-order chi connectivity index (χ1) is 21.6. The van der Waals surface area contributed by atoms with Gasteiger partial charge in [0.1, 0.15) is 11.6 Å². The molecular weight excluding hydrogens is 588 g/mol. The molecule has 5 heterocycles. The van der Waals surface area contributed by atoms with Gasteiger partial charge in [-0.15, -0.1) is 16.4 Å². The number of aliphatic hydroxyl groups excluding tert-OH is 1. The number of aromatic nitrogens is 5. The SMILES string of the molecule is Cc1nnn(C)c1-c1cnc2c3sc(C(C)N[C@H](C(=O)OC(C)C)[C@@H](C)O)cc3n(C(c3ccccc3)C3CCOCC3)c2c1. The molecule has 2 unspecified atom stereocenters. The second-order valence-electron chi connectivity index (χ2n) is 12.4. The average molecular weight is 631 g/mol. The van der Waals surface area contributed by atoms with Crippen LogP contribution < -0.4 is 5.32 Å². The summed E-state index contributed by atoms with van der Waals surface area (Å²) in [6.45, 7) is 10.7. The molecule has 0 radical (unpaired) electrons. The molecule has 0 bridgehead atoms. The fourth-order valence-corrected chi connectivity index (χ4v) is 7.73. The number of aryl methyl sites for hydroxylation is 2. The van der Waals surface area contributed by atoms with Crippen LogP contribution in [0, 0.1) is 12.8 Å². The highest BCUT2D eigenvalue weighted by Gasteiger charge is 2.33. The number of hydrogen-bond acceptors (Lipinski definition) is 9. The third-order valence-electron chi connectivity index (χ3n) is 8.68. The second kappa shape index (κ2) is 13.0. The van der Waals surface area contributed by atoms with E-state index in [1.807, 2.05) is 40.9 Å². The summed E-state index contributed by atoms with van der Waals surface area (Å²) in [5.74, 6) is -0.0891. The van der Waals surface area contributed by atoms with Gasteiger partial charge in [-0.25, -0.2) is 4.68 Å². The van der Waals surface area contributed by atoms with E-state index < -0.39 is 18.1 Å². The van der Waals surface area contributed by atoms with Crippen LogP contribution >= 0.6 is 11.3 Å². The number of nitrogens with zero attached hydrogens (tertiary/aromatic N) is 5. The molecular formula is C34H42N6O4S. The predicted octanol–water partition coefficient (Wildman–Crippen LogP) is 5.72. The minimum absolute atomic E-state index is 0.0647. The molecule has 0 amide bonds. The van der Waals surface area contributed by atoms with E-state index in [1.54, 1.807) is 22.9 Å². The molecule has 45 heavy (non-hydrogen) atoms. The van der Waals surface area contributed by atoms with Gasteiger partial charge in [-0.05, 0) is 71.1 Å². The zero-order valence-electron chi connectivity index (χ0n) is 26.7. The summed E-state index contributed by atoms with van der Waals surface area (Å²) in [5, 5.41) is 22.3. The lowest BCUT2D eigenvalue weighted by molar-refractivity contribution is -0.153. The molecule has 1 aliphatic rings. The number of esters is 1. The summed E-state index contributed by atoms with van der Waals surface area (Å²) in [5.41, 5.74) is 7.11. The molecule has 0 saturated carbocycles.